The molecule has 3 aromatic rings. The molecule has 4 heterocycles. The molecule has 2 aliphatic heterocycles. The highest BCUT2D eigenvalue weighted by molar-refractivity contribution is 5.95. The van der Waals surface area contributed by atoms with Crippen molar-refractivity contribution in [2.75, 3.05) is 55.6 Å². The average molecular weight is 497 g/mol. The highest BCUT2D eigenvalue weighted by Crippen LogP contribution is 2.28. The lowest BCUT2D eigenvalue weighted by Crippen LogP contribution is -2.51. The zero-order valence-corrected chi connectivity index (χ0v) is 19.3. The second-order valence-electron chi connectivity index (χ2n) is 8.51. The summed E-state index contributed by atoms with van der Waals surface area (Å²) in [6.07, 6.45) is 5.41. The Morgan fingerprint density at radius 3 is 2.72 bits per heavy atom. The number of benzene rings is 1. The van der Waals surface area contributed by atoms with Crippen molar-refractivity contribution in [3.8, 4) is 0 Å². The van der Waals surface area contributed by atoms with Crippen LogP contribution in [0.3, 0.4) is 0 Å². The standard InChI is InChI=1S/C23H25FN8O4/c24-17-9-15(32-13-16(10-25)36-23(32)35)1-2-19(17)29-5-7-30(8-6-29)21(33)12-27-22(34)18-14-31-4-3-26-11-20(31)28-18/h1-4,9,11,14,16H,5-8,10,12-13,25H2,(H,27,34)/t16-/m0/s1. The number of rotatable bonds is 6. The van der Waals surface area contributed by atoms with Crippen LogP contribution in [-0.2, 0) is 9.53 Å². The van der Waals surface area contributed by atoms with Crippen LogP contribution in [0.5, 0.6) is 0 Å². The second kappa shape index (κ2) is 9.77. The van der Waals surface area contributed by atoms with Gasteiger partial charge in [-0.1, -0.05) is 0 Å². The van der Waals surface area contributed by atoms with Gasteiger partial charge in [0.1, 0.15) is 17.6 Å². The number of anilines is 2. The molecule has 13 heteroatoms. The maximum Gasteiger partial charge on any atom is 0.414 e. The predicted molar refractivity (Wildman–Crippen MR) is 127 cm³/mol. The Balaban J connectivity index is 1.13. The molecule has 1 aromatic carbocycles. The smallest absolute Gasteiger partial charge is 0.414 e. The number of nitrogens with two attached hydrogens (primary N) is 1. The number of carbonyl (C=O) groups is 3. The van der Waals surface area contributed by atoms with Crippen LogP contribution in [0.4, 0.5) is 20.6 Å². The fraction of sp³-hybridized carbons (Fsp3) is 0.348. The van der Waals surface area contributed by atoms with E-state index in [0.29, 0.717) is 43.2 Å². The Morgan fingerprint density at radius 2 is 2.03 bits per heavy atom. The number of imidazole rings is 1. The summed E-state index contributed by atoms with van der Waals surface area (Å²) in [6.45, 7) is 1.93. The molecule has 2 saturated heterocycles. The quantitative estimate of drug-likeness (QED) is 0.495. The molecular formula is C23H25FN8O4. The van der Waals surface area contributed by atoms with E-state index in [2.05, 4.69) is 15.3 Å². The topological polar surface area (TPSA) is 138 Å². The normalized spacial score (nSPS) is 18.0. The van der Waals surface area contributed by atoms with E-state index in [1.54, 1.807) is 40.0 Å². The van der Waals surface area contributed by atoms with E-state index in [1.165, 1.54) is 17.2 Å². The Morgan fingerprint density at radius 1 is 1.22 bits per heavy atom. The SMILES string of the molecule is NC[C@H]1CN(c2ccc(N3CCN(C(=O)CNC(=O)c4cn5ccncc5n4)CC3)c(F)c2)C(=O)O1. The number of aromatic nitrogens is 3. The first-order chi connectivity index (χ1) is 17.4. The van der Waals surface area contributed by atoms with E-state index >= 15 is 0 Å². The van der Waals surface area contributed by atoms with Gasteiger partial charge in [0.2, 0.25) is 5.91 Å². The van der Waals surface area contributed by atoms with Crippen molar-refractivity contribution in [2.45, 2.75) is 6.10 Å². The molecule has 2 aromatic heterocycles. The fourth-order valence-corrected chi connectivity index (χ4v) is 4.28. The van der Waals surface area contributed by atoms with Crippen LogP contribution in [0.1, 0.15) is 10.5 Å². The van der Waals surface area contributed by atoms with E-state index in [4.69, 9.17) is 10.5 Å². The maximum absolute atomic E-state index is 14.9. The highest BCUT2D eigenvalue weighted by Gasteiger charge is 2.32. The van der Waals surface area contributed by atoms with Crippen molar-refractivity contribution in [3.63, 3.8) is 0 Å². The molecule has 0 bridgehead atoms. The van der Waals surface area contributed by atoms with Crippen molar-refractivity contribution in [1.82, 2.24) is 24.6 Å². The molecule has 0 saturated carbocycles. The minimum Gasteiger partial charge on any atom is -0.443 e. The molecule has 1 atom stereocenters. The van der Waals surface area contributed by atoms with Gasteiger partial charge in [-0.15, -0.1) is 0 Å². The summed E-state index contributed by atoms with van der Waals surface area (Å²) in [5, 5.41) is 2.60. The number of nitrogens with one attached hydrogen (secondary N) is 1. The molecule has 3 N–H and O–H groups in total. The number of nitrogens with zero attached hydrogens (tertiary/aromatic N) is 6. The molecule has 3 amide bonds. The molecule has 12 nitrogen and oxygen atoms in total. The number of halogens is 1. The Hall–Kier alpha value is -4.26. The molecule has 0 spiro atoms. The van der Waals surface area contributed by atoms with Gasteiger partial charge in [0, 0.05) is 51.3 Å². The third-order valence-corrected chi connectivity index (χ3v) is 6.25. The molecule has 2 fully saturated rings. The minimum absolute atomic E-state index is 0.163. The van der Waals surface area contributed by atoms with E-state index in [9.17, 15) is 18.8 Å². The Labute approximate surface area is 205 Å². The minimum atomic E-state index is -0.546. The summed E-state index contributed by atoms with van der Waals surface area (Å²) in [6, 6.07) is 4.59. The lowest BCUT2D eigenvalue weighted by atomic mass is 10.2. The van der Waals surface area contributed by atoms with Crippen molar-refractivity contribution < 1.29 is 23.5 Å². The lowest BCUT2D eigenvalue weighted by molar-refractivity contribution is -0.130. The summed E-state index contributed by atoms with van der Waals surface area (Å²) in [5.74, 6) is -1.15. The van der Waals surface area contributed by atoms with Crippen LogP contribution in [0, 0.1) is 5.82 Å². The third kappa shape index (κ3) is 4.64. The van der Waals surface area contributed by atoms with E-state index in [0.717, 1.165) is 0 Å². The van der Waals surface area contributed by atoms with Crippen LogP contribution in [0.15, 0.2) is 43.0 Å². The summed E-state index contributed by atoms with van der Waals surface area (Å²) >= 11 is 0. The van der Waals surface area contributed by atoms with E-state index in [-0.39, 0.29) is 31.2 Å². The maximum atomic E-state index is 14.9. The van der Waals surface area contributed by atoms with Gasteiger partial charge in [-0.25, -0.2) is 14.2 Å². The largest absolute Gasteiger partial charge is 0.443 e. The molecule has 36 heavy (non-hydrogen) atoms. The third-order valence-electron chi connectivity index (χ3n) is 6.25. The number of carbonyl (C=O) groups excluding carboxylic acids is 3. The molecule has 2 aliphatic rings. The fourth-order valence-electron chi connectivity index (χ4n) is 4.28. The molecule has 0 unspecified atom stereocenters. The Kier molecular flexibility index (Phi) is 6.38. The average Bonchev–Trinajstić information content (AvgIpc) is 3.50. The molecular weight excluding hydrogens is 471 g/mol. The van der Waals surface area contributed by atoms with Crippen molar-refractivity contribution in [3.05, 3.63) is 54.5 Å². The van der Waals surface area contributed by atoms with Crippen molar-refractivity contribution >= 4 is 34.9 Å². The van der Waals surface area contributed by atoms with Crippen LogP contribution < -0.4 is 20.9 Å². The predicted octanol–water partition coefficient (Wildman–Crippen LogP) is 0.231. The van der Waals surface area contributed by atoms with Gasteiger partial charge in [-0.2, -0.15) is 0 Å². The van der Waals surface area contributed by atoms with E-state index < -0.39 is 23.9 Å². The number of hydrogen-bond acceptors (Lipinski definition) is 8. The lowest BCUT2D eigenvalue weighted by Gasteiger charge is -2.36. The number of piperazine rings is 1. The van der Waals surface area contributed by atoms with Crippen LogP contribution >= 0.6 is 0 Å². The molecule has 0 radical (unpaired) electrons. The van der Waals surface area contributed by atoms with Gasteiger partial charge in [0.15, 0.2) is 5.65 Å². The van der Waals surface area contributed by atoms with Gasteiger partial charge >= 0.3 is 6.09 Å². The van der Waals surface area contributed by atoms with Crippen LogP contribution in [-0.4, -0.2) is 89.1 Å². The van der Waals surface area contributed by atoms with Gasteiger partial charge in [-0.05, 0) is 18.2 Å². The highest BCUT2D eigenvalue weighted by atomic mass is 19.1. The van der Waals surface area contributed by atoms with Crippen molar-refractivity contribution in [1.29, 1.82) is 0 Å². The summed E-state index contributed by atoms with van der Waals surface area (Å²) in [5.41, 5.74) is 7.08. The monoisotopic (exact) mass is 496 g/mol. The zero-order chi connectivity index (χ0) is 25.2. The van der Waals surface area contributed by atoms with Gasteiger partial charge in [-0.3, -0.25) is 19.5 Å². The van der Waals surface area contributed by atoms with Gasteiger partial charge in [0.25, 0.3) is 5.91 Å². The Bertz CT molecular complexity index is 1270. The molecule has 0 aliphatic carbocycles. The summed E-state index contributed by atoms with van der Waals surface area (Å²) in [4.78, 5) is 50.0. The number of amides is 3. The van der Waals surface area contributed by atoms with Crippen molar-refractivity contribution in [2.24, 2.45) is 5.73 Å². The number of hydrogen-bond donors (Lipinski definition) is 2. The molecule has 188 valence electrons. The first-order valence-corrected chi connectivity index (χ1v) is 11.5. The van der Waals surface area contributed by atoms with Gasteiger partial charge in [0.05, 0.1) is 30.7 Å². The van der Waals surface area contributed by atoms with Crippen LogP contribution in [0.2, 0.25) is 0 Å². The first kappa shape index (κ1) is 23.5. The van der Waals surface area contributed by atoms with E-state index in [1.807, 2.05) is 4.90 Å². The second-order valence-corrected chi connectivity index (χ2v) is 8.51. The number of ether oxygens (including phenoxy) is 1. The summed E-state index contributed by atoms with van der Waals surface area (Å²) in [7, 11) is 0. The van der Waals surface area contributed by atoms with Gasteiger partial charge < -0.3 is 30.0 Å². The molecule has 5 rings (SSSR count). The summed E-state index contributed by atoms with van der Waals surface area (Å²) < 4.78 is 21.7. The zero-order valence-electron chi connectivity index (χ0n) is 19.3. The first-order valence-electron chi connectivity index (χ1n) is 11.5. The van der Waals surface area contributed by atoms with Crippen LogP contribution in [0.25, 0.3) is 5.65 Å². The number of cyclic esters (lactones) is 1. The number of fused-ring (bicyclic) bond motifs is 1.